The summed E-state index contributed by atoms with van der Waals surface area (Å²) < 4.78 is 16.1. The van der Waals surface area contributed by atoms with E-state index in [0.29, 0.717) is 6.42 Å². The van der Waals surface area contributed by atoms with E-state index >= 15 is 0 Å². The molecule has 9 heteroatoms. The highest BCUT2D eigenvalue weighted by Crippen LogP contribution is 2.41. The van der Waals surface area contributed by atoms with Gasteiger partial charge >= 0.3 is 17.9 Å². The Bertz CT molecular complexity index is 635. The third-order valence-corrected chi connectivity index (χ3v) is 6.75. The van der Waals surface area contributed by atoms with Crippen molar-refractivity contribution in [3.05, 3.63) is 0 Å². The molecule has 2 aliphatic rings. The number of carbonyl (C=O) groups is 3. The average Bonchev–Trinajstić information content (AvgIpc) is 2.90. The van der Waals surface area contributed by atoms with Gasteiger partial charge in [-0.05, 0) is 34.1 Å². The summed E-state index contributed by atoms with van der Waals surface area (Å²) in [5.41, 5.74) is -2.55. The molecule has 0 spiro atoms. The van der Waals surface area contributed by atoms with Gasteiger partial charge in [0.1, 0.15) is 22.2 Å². The van der Waals surface area contributed by atoms with Gasteiger partial charge < -0.3 is 24.4 Å². The van der Waals surface area contributed by atoms with E-state index in [-0.39, 0.29) is 23.2 Å². The Morgan fingerprint density at radius 2 is 1.86 bits per heavy atom. The van der Waals surface area contributed by atoms with E-state index in [9.17, 15) is 24.6 Å². The Balaban J connectivity index is 2.15. The molecule has 1 aliphatic heterocycles. The van der Waals surface area contributed by atoms with Crippen molar-refractivity contribution in [1.29, 1.82) is 0 Å². The standard InChI is InChI=1S/C20H31IO8/c1-6-12(21)18(24)28-14-8-11(10-7-13(14)27-16(10)22)17(23)29-15(20(4,5)26)9-19(2,3)25/h10-15,25-26H,6-9H2,1-5H3. The summed E-state index contributed by atoms with van der Waals surface area (Å²) in [6.07, 6.45) is -1.19. The maximum Gasteiger partial charge on any atom is 0.319 e. The van der Waals surface area contributed by atoms with Crippen molar-refractivity contribution in [2.24, 2.45) is 11.8 Å². The number of alkyl halides is 1. The fourth-order valence-electron chi connectivity index (χ4n) is 3.64. The highest BCUT2D eigenvalue weighted by Gasteiger charge is 2.54. The van der Waals surface area contributed by atoms with Crippen molar-refractivity contribution < 1.29 is 38.8 Å². The van der Waals surface area contributed by atoms with E-state index in [0.717, 1.165) is 0 Å². The predicted molar refractivity (Wildman–Crippen MR) is 111 cm³/mol. The molecule has 2 N–H and O–H groups in total. The fourth-order valence-corrected chi connectivity index (χ4v) is 3.79. The normalized spacial score (nSPS) is 29.0. The van der Waals surface area contributed by atoms with Crippen LogP contribution in [-0.2, 0) is 28.6 Å². The molecular formula is C20H31IO8. The van der Waals surface area contributed by atoms with Crippen LogP contribution in [0.25, 0.3) is 0 Å². The summed E-state index contributed by atoms with van der Waals surface area (Å²) in [5.74, 6) is -3.05. The first-order valence-corrected chi connectivity index (χ1v) is 11.2. The van der Waals surface area contributed by atoms with Gasteiger partial charge in [0.05, 0.1) is 23.0 Å². The zero-order valence-corrected chi connectivity index (χ0v) is 19.7. The van der Waals surface area contributed by atoms with Crippen LogP contribution in [0.5, 0.6) is 0 Å². The zero-order chi connectivity index (χ0) is 22.1. The second-order valence-electron chi connectivity index (χ2n) is 9.11. The SMILES string of the molecule is CCC(I)C(=O)OC1CC(C(=O)OC(CC(C)(C)O)C(C)(C)O)C2CC1OC2=O. The molecule has 2 fully saturated rings. The van der Waals surface area contributed by atoms with Gasteiger partial charge in [-0.3, -0.25) is 14.4 Å². The Hall–Kier alpha value is -0.940. The van der Waals surface area contributed by atoms with Crippen LogP contribution < -0.4 is 0 Å². The number of aliphatic hydroxyl groups is 2. The molecule has 29 heavy (non-hydrogen) atoms. The maximum atomic E-state index is 12.9. The lowest BCUT2D eigenvalue weighted by Crippen LogP contribution is -2.47. The predicted octanol–water partition coefficient (Wildman–Crippen LogP) is 1.91. The summed E-state index contributed by atoms with van der Waals surface area (Å²) in [4.78, 5) is 37.4. The topological polar surface area (TPSA) is 119 Å². The van der Waals surface area contributed by atoms with Crippen LogP contribution in [0.3, 0.4) is 0 Å². The number of hydrogen-bond acceptors (Lipinski definition) is 8. The summed E-state index contributed by atoms with van der Waals surface area (Å²) >= 11 is 1.99. The van der Waals surface area contributed by atoms with Crippen molar-refractivity contribution in [3.8, 4) is 0 Å². The summed E-state index contributed by atoms with van der Waals surface area (Å²) in [5, 5.41) is 20.5. The van der Waals surface area contributed by atoms with Gasteiger partial charge in [-0.25, -0.2) is 0 Å². The molecular weight excluding hydrogens is 495 g/mol. The highest BCUT2D eigenvalue weighted by atomic mass is 127. The van der Waals surface area contributed by atoms with Crippen LogP contribution in [0.4, 0.5) is 0 Å². The number of carbonyl (C=O) groups excluding carboxylic acids is 3. The quantitative estimate of drug-likeness (QED) is 0.213. The van der Waals surface area contributed by atoms with E-state index in [1.165, 1.54) is 13.8 Å². The monoisotopic (exact) mass is 526 g/mol. The van der Waals surface area contributed by atoms with Gasteiger partial charge in [-0.1, -0.05) is 29.5 Å². The molecule has 0 amide bonds. The summed E-state index contributed by atoms with van der Waals surface area (Å²) in [7, 11) is 0. The van der Waals surface area contributed by atoms with Gasteiger partial charge in [0, 0.05) is 19.3 Å². The minimum absolute atomic E-state index is 0.0259. The summed E-state index contributed by atoms with van der Waals surface area (Å²) in [6, 6.07) is 0. The van der Waals surface area contributed by atoms with Crippen LogP contribution in [0, 0.1) is 11.8 Å². The lowest BCUT2D eigenvalue weighted by Gasteiger charge is -2.36. The molecule has 0 aromatic heterocycles. The highest BCUT2D eigenvalue weighted by molar-refractivity contribution is 14.1. The van der Waals surface area contributed by atoms with Gasteiger partial charge in [-0.15, -0.1) is 0 Å². The first-order chi connectivity index (χ1) is 13.2. The van der Waals surface area contributed by atoms with E-state index in [1.807, 2.05) is 29.5 Å². The lowest BCUT2D eigenvalue weighted by atomic mass is 9.78. The van der Waals surface area contributed by atoms with Crippen molar-refractivity contribution in [2.45, 2.75) is 93.7 Å². The molecule has 6 unspecified atom stereocenters. The van der Waals surface area contributed by atoms with Crippen LogP contribution in [0.15, 0.2) is 0 Å². The molecule has 2 rings (SSSR count). The fraction of sp³-hybridized carbons (Fsp3) is 0.850. The van der Waals surface area contributed by atoms with Crippen LogP contribution >= 0.6 is 22.6 Å². The van der Waals surface area contributed by atoms with Crippen LogP contribution in [0.2, 0.25) is 0 Å². The zero-order valence-electron chi connectivity index (χ0n) is 17.5. The lowest BCUT2D eigenvalue weighted by molar-refractivity contribution is -0.178. The maximum absolute atomic E-state index is 12.9. The Kier molecular flexibility index (Phi) is 7.59. The molecule has 8 nitrogen and oxygen atoms in total. The van der Waals surface area contributed by atoms with Crippen molar-refractivity contribution in [1.82, 2.24) is 0 Å². The smallest absolute Gasteiger partial charge is 0.319 e. The number of hydrogen-bond donors (Lipinski definition) is 2. The largest absolute Gasteiger partial charge is 0.459 e. The van der Waals surface area contributed by atoms with Gasteiger partial charge in [0.2, 0.25) is 0 Å². The van der Waals surface area contributed by atoms with Crippen LogP contribution in [-0.4, -0.2) is 61.6 Å². The molecule has 6 atom stereocenters. The van der Waals surface area contributed by atoms with Gasteiger partial charge in [-0.2, -0.15) is 0 Å². The number of halogens is 1. The second-order valence-corrected chi connectivity index (χ2v) is 10.6. The number of esters is 3. The van der Waals surface area contributed by atoms with Crippen LogP contribution in [0.1, 0.15) is 60.3 Å². The molecule has 1 heterocycles. The van der Waals surface area contributed by atoms with E-state index in [4.69, 9.17) is 14.2 Å². The van der Waals surface area contributed by atoms with Gasteiger partial charge in [0.15, 0.2) is 0 Å². The average molecular weight is 526 g/mol. The number of fused-ring (bicyclic) bond motifs is 2. The number of rotatable bonds is 8. The molecule has 0 radical (unpaired) electrons. The third-order valence-electron chi connectivity index (χ3n) is 5.36. The van der Waals surface area contributed by atoms with E-state index in [1.54, 1.807) is 13.8 Å². The molecule has 1 aliphatic carbocycles. The third kappa shape index (κ3) is 6.27. The molecule has 1 saturated carbocycles. The molecule has 0 aromatic rings. The summed E-state index contributed by atoms with van der Waals surface area (Å²) in [6.45, 7) is 7.97. The molecule has 166 valence electrons. The number of ether oxygens (including phenoxy) is 3. The molecule has 1 saturated heterocycles. The Labute approximate surface area is 184 Å². The second kappa shape index (κ2) is 9.05. The van der Waals surface area contributed by atoms with Gasteiger partial charge in [0.25, 0.3) is 0 Å². The minimum Gasteiger partial charge on any atom is -0.459 e. The van der Waals surface area contributed by atoms with Crippen molar-refractivity contribution in [3.63, 3.8) is 0 Å². The first-order valence-electron chi connectivity index (χ1n) is 9.93. The Morgan fingerprint density at radius 3 is 2.38 bits per heavy atom. The molecule has 0 aromatic carbocycles. The first kappa shape index (κ1) is 24.3. The Morgan fingerprint density at radius 1 is 1.24 bits per heavy atom. The van der Waals surface area contributed by atoms with E-state index < -0.39 is 59.3 Å². The van der Waals surface area contributed by atoms with Crippen molar-refractivity contribution in [2.75, 3.05) is 0 Å². The molecule has 2 bridgehead atoms. The van der Waals surface area contributed by atoms with Crippen molar-refractivity contribution >= 4 is 40.5 Å². The van der Waals surface area contributed by atoms with E-state index in [2.05, 4.69) is 0 Å². The minimum atomic E-state index is -1.38.